The summed E-state index contributed by atoms with van der Waals surface area (Å²) < 4.78 is 3.41. The molecule has 1 saturated carbocycles. The van der Waals surface area contributed by atoms with Crippen LogP contribution in [0.2, 0.25) is 0 Å². The van der Waals surface area contributed by atoms with Crippen molar-refractivity contribution < 1.29 is 0 Å². The molecule has 17 heavy (non-hydrogen) atoms. The van der Waals surface area contributed by atoms with Crippen LogP contribution >= 0.6 is 15.9 Å². The number of benzene rings is 1. The highest BCUT2D eigenvalue weighted by atomic mass is 79.9. The van der Waals surface area contributed by atoms with E-state index in [0.29, 0.717) is 6.04 Å². The summed E-state index contributed by atoms with van der Waals surface area (Å²) >= 11 is 3.47. The zero-order valence-electron chi connectivity index (χ0n) is 9.81. The van der Waals surface area contributed by atoms with E-state index in [9.17, 15) is 0 Å². The molecule has 3 heteroatoms. The van der Waals surface area contributed by atoms with Gasteiger partial charge in [-0.3, -0.25) is 0 Å². The lowest BCUT2D eigenvalue weighted by Gasteiger charge is -2.36. The maximum absolute atomic E-state index is 4.29. The number of nitrogens with zero attached hydrogens (tertiary/aromatic N) is 2. The van der Waals surface area contributed by atoms with Crippen molar-refractivity contribution in [2.75, 3.05) is 0 Å². The van der Waals surface area contributed by atoms with E-state index in [1.807, 2.05) is 13.3 Å². The summed E-state index contributed by atoms with van der Waals surface area (Å²) in [6.45, 7) is 2.04. The Kier molecular flexibility index (Phi) is 2.79. The van der Waals surface area contributed by atoms with Crippen molar-refractivity contribution in [1.29, 1.82) is 0 Å². The fraction of sp³-hybridized carbons (Fsp3) is 0.357. The molecule has 0 saturated heterocycles. The minimum atomic E-state index is 0.643. The molecule has 1 heterocycles. The molecule has 1 aliphatic carbocycles. The summed E-state index contributed by atoms with van der Waals surface area (Å²) in [5.41, 5.74) is 2.57. The topological polar surface area (TPSA) is 17.8 Å². The average Bonchev–Trinajstić information content (AvgIpc) is 2.66. The number of imidazole rings is 1. The second-order valence-electron chi connectivity index (χ2n) is 4.84. The first-order valence-electron chi connectivity index (χ1n) is 5.98. The summed E-state index contributed by atoms with van der Waals surface area (Å²) in [4.78, 5) is 4.29. The van der Waals surface area contributed by atoms with Crippen molar-refractivity contribution >= 4 is 15.9 Å². The van der Waals surface area contributed by atoms with E-state index in [4.69, 9.17) is 0 Å². The fourth-order valence-electron chi connectivity index (χ4n) is 2.48. The van der Waals surface area contributed by atoms with E-state index in [1.165, 1.54) is 18.4 Å². The third kappa shape index (κ3) is 2.16. The van der Waals surface area contributed by atoms with Gasteiger partial charge < -0.3 is 4.57 Å². The zero-order chi connectivity index (χ0) is 11.8. The number of aromatic nitrogens is 2. The normalized spacial score (nSPS) is 23.4. The molecule has 0 spiro atoms. The minimum Gasteiger partial charge on any atom is -0.334 e. The van der Waals surface area contributed by atoms with E-state index in [1.54, 1.807) is 0 Å². The van der Waals surface area contributed by atoms with Crippen molar-refractivity contribution in [1.82, 2.24) is 9.55 Å². The van der Waals surface area contributed by atoms with Crippen LogP contribution in [0.25, 0.3) is 0 Å². The van der Waals surface area contributed by atoms with Crippen LogP contribution in [0.3, 0.4) is 0 Å². The standard InChI is InChI=1S/C14H15BrN2/c1-10-8-17(9-16-10)14-6-12(7-14)11-2-4-13(15)5-3-11/h2-5,8-9,12,14H,6-7H2,1H3. The Labute approximate surface area is 110 Å². The van der Waals surface area contributed by atoms with Gasteiger partial charge in [0.25, 0.3) is 0 Å². The quantitative estimate of drug-likeness (QED) is 0.815. The van der Waals surface area contributed by atoms with Crippen LogP contribution in [0.15, 0.2) is 41.3 Å². The smallest absolute Gasteiger partial charge is 0.0951 e. The minimum absolute atomic E-state index is 0.643. The molecule has 3 rings (SSSR count). The van der Waals surface area contributed by atoms with Gasteiger partial charge in [0.15, 0.2) is 0 Å². The molecule has 0 aliphatic heterocycles. The third-order valence-corrected chi connectivity index (χ3v) is 4.14. The summed E-state index contributed by atoms with van der Waals surface area (Å²) in [5, 5.41) is 0. The van der Waals surface area contributed by atoms with E-state index >= 15 is 0 Å². The number of hydrogen-bond acceptors (Lipinski definition) is 1. The van der Waals surface area contributed by atoms with Crippen molar-refractivity contribution in [3.8, 4) is 0 Å². The largest absolute Gasteiger partial charge is 0.334 e. The Morgan fingerprint density at radius 3 is 2.53 bits per heavy atom. The lowest BCUT2D eigenvalue weighted by molar-refractivity contribution is 0.264. The lowest BCUT2D eigenvalue weighted by Crippen LogP contribution is -2.24. The lowest BCUT2D eigenvalue weighted by atomic mass is 9.76. The molecule has 1 aliphatic rings. The predicted octanol–water partition coefficient (Wildman–Crippen LogP) is 4.07. The predicted molar refractivity (Wildman–Crippen MR) is 72.1 cm³/mol. The molecule has 0 unspecified atom stereocenters. The first-order chi connectivity index (χ1) is 8.22. The van der Waals surface area contributed by atoms with Gasteiger partial charge in [-0.05, 0) is 43.4 Å². The van der Waals surface area contributed by atoms with Gasteiger partial charge in [0.1, 0.15) is 0 Å². The molecule has 88 valence electrons. The Morgan fingerprint density at radius 1 is 1.24 bits per heavy atom. The van der Waals surface area contributed by atoms with Crippen molar-refractivity contribution in [3.63, 3.8) is 0 Å². The van der Waals surface area contributed by atoms with Gasteiger partial charge in [0.05, 0.1) is 12.0 Å². The average molecular weight is 291 g/mol. The van der Waals surface area contributed by atoms with E-state index in [2.05, 4.69) is 55.9 Å². The first-order valence-corrected chi connectivity index (χ1v) is 6.77. The third-order valence-electron chi connectivity index (χ3n) is 3.61. The number of aryl methyl sites for hydroxylation is 1. The molecule has 0 bridgehead atoms. The maximum Gasteiger partial charge on any atom is 0.0951 e. The summed E-state index contributed by atoms with van der Waals surface area (Å²) in [7, 11) is 0. The highest BCUT2D eigenvalue weighted by molar-refractivity contribution is 9.10. The Morgan fingerprint density at radius 2 is 1.94 bits per heavy atom. The summed E-state index contributed by atoms with van der Waals surface area (Å²) in [6.07, 6.45) is 6.56. The van der Waals surface area contributed by atoms with E-state index in [0.717, 1.165) is 16.1 Å². The molecule has 0 atom stereocenters. The number of hydrogen-bond donors (Lipinski definition) is 0. The van der Waals surface area contributed by atoms with Gasteiger partial charge in [-0.15, -0.1) is 0 Å². The van der Waals surface area contributed by atoms with Gasteiger partial charge in [0.2, 0.25) is 0 Å². The molecule has 0 N–H and O–H groups in total. The Hall–Kier alpha value is -1.09. The fourth-order valence-corrected chi connectivity index (χ4v) is 2.74. The molecule has 1 fully saturated rings. The maximum atomic E-state index is 4.29. The van der Waals surface area contributed by atoms with E-state index in [-0.39, 0.29) is 0 Å². The summed E-state index contributed by atoms with van der Waals surface area (Å²) in [5.74, 6) is 0.718. The van der Waals surface area contributed by atoms with Crippen LogP contribution in [-0.4, -0.2) is 9.55 Å². The first kappa shape index (κ1) is 11.0. The molecule has 2 nitrogen and oxygen atoms in total. The van der Waals surface area contributed by atoms with Crippen LogP contribution in [0.4, 0.5) is 0 Å². The monoisotopic (exact) mass is 290 g/mol. The van der Waals surface area contributed by atoms with Crippen LogP contribution in [0.1, 0.15) is 36.1 Å². The van der Waals surface area contributed by atoms with Crippen LogP contribution in [-0.2, 0) is 0 Å². The molecule has 2 aromatic rings. The molecule has 1 aromatic heterocycles. The highest BCUT2D eigenvalue weighted by Crippen LogP contribution is 2.44. The Bertz CT molecular complexity index is 509. The molecular formula is C14H15BrN2. The highest BCUT2D eigenvalue weighted by Gasteiger charge is 2.31. The van der Waals surface area contributed by atoms with Crippen molar-refractivity contribution in [2.24, 2.45) is 0 Å². The second-order valence-corrected chi connectivity index (χ2v) is 5.75. The van der Waals surface area contributed by atoms with Gasteiger partial charge >= 0.3 is 0 Å². The van der Waals surface area contributed by atoms with Crippen molar-refractivity contribution in [3.05, 3.63) is 52.5 Å². The van der Waals surface area contributed by atoms with Crippen LogP contribution < -0.4 is 0 Å². The molecule has 1 aromatic carbocycles. The number of halogens is 1. The second kappa shape index (κ2) is 4.30. The van der Waals surface area contributed by atoms with Crippen LogP contribution in [0, 0.1) is 6.92 Å². The summed E-state index contributed by atoms with van der Waals surface area (Å²) in [6, 6.07) is 9.35. The molecule has 0 radical (unpaired) electrons. The SMILES string of the molecule is Cc1cn(C2CC(c3ccc(Br)cc3)C2)cn1. The molecule has 0 amide bonds. The van der Waals surface area contributed by atoms with E-state index < -0.39 is 0 Å². The van der Waals surface area contributed by atoms with Crippen LogP contribution in [0.5, 0.6) is 0 Å². The number of rotatable bonds is 2. The molecular weight excluding hydrogens is 276 g/mol. The zero-order valence-corrected chi connectivity index (χ0v) is 11.4. The van der Waals surface area contributed by atoms with Gasteiger partial charge in [0, 0.05) is 16.7 Å². The van der Waals surface area contributed by atoms with Gasteiger partial charge in [-0.1, -0.05) is 28.1 Å². The van der Waals surface area contributed by atoms with Crippen molar-refractivity contribution in [2.45, 2.75) is 31.7 Å². The Balaban J connectivity index is 1.66. The van der Waals surface area contributed by atoms with Gasteiger partial charge in [-0.2, -0.15) is 0 Å². The van der Waals surface area contributed by atoms with Gasteiger partial charge in [-0.25, -0.2) is 4.98 Å².